The van der Waals surface area contributed by atoms with Crippen LogP contribution in [-0.4, -0.2) is 35.7 Å². The Bertz CT molecular complexity index is 610. The molecule has 0 aliphatic carbocycles. The van der Waals surface area contributed by atoms with Crippen LogP contribution < -0.4 is 10.6 Å². The summed E-state index contributed by atoms with van der Waals surface area (Å²) in [7, 11) is 0. The predicted molar refractivity (Wildman–Crippen MR) is 93.5 cm³/mol. The Morgan fingerprint density at radius 2 is 1.75 bits per heavy atom. The highest BCUT2D eigenvalue weighted by Crippen LogP contribution is 2.21. The molecule has 24 heavy (non-hydrogen) atoms. The van der Waals surface area contributed by atoms with E-state index < -0.39 is 0 Å². The summed E-state index contributed by atoms with van der Waals surface area (Å²) >= 11 is 0. The first-order valence-electron chi connectivity index (χ1n) is 8.31. The van der Waals surface area contributed by atoms with E-state index in [1.165, 1.54) is 6.92 Å². The van der Waals surface area contributed by atoms with Crippen LogP contribution in [0.3, 0.4) is 0 Å². The van der Waals surface area contributed by atoms with Crippen molar-refractivity contribution < 1.29 is 14.4 Å². The number of carbonyl (C=O) groups excluding carboxylic acids is 3. The molecule has 1 aromatic carbocycles. The third-order valence-corrected chi connectivity index (χ3v) is 4.03. The smallest absolute Gasteiger partial charge is 0.229 e. The molecule has 1 fully saturated rings. The monoisotopic (exact) mass is 331 g/mol. The quantitative estimate of drug-likeness (QED) is 0.840. The summed E-state index contributed by atoms with van der Waals surface area (Å²) in [5.41, 5.74) is 1.33. The van der Waals surface area contributed by atoms with Gasteiger partial charge >= 0.3 is 0 Å². The third-order valence-electron chi connectivity index (χ3n) is 4.03. The average Bonchev–Trinajstić information content (AvgIpc) is 2.88. The number of nitrogens with one attached hydrogen (secondary N) is 2. The van der Waals surface area contributed by atoms with E-state index in [-0.39, 0.29) is 30.1 Å². The number of benzene rings is 1. The van der Waals surface area contributed by atoms with Gasteiger partial charge in [-0.15, -0.1) is 0 Å². The minimum atomic E-state index is -0.306. The molecule has 1 atom stereocenters. The normalized spacial score (nSPS) is 17.2. The van der Waals surface area contributed by atoms with E-state index in [9.17, 15) is 14.4 Å². The van der Waals surface area contributed by atoms with Crippen molar-refractivity contribution in [1.29, 1.82) is 0 Å². The van der Waals surface area contributed by atoms with Gasteiger partial charge in [0.25, 0.3) is 0 Å². The largest absolute Gasteiger partial charge is 0.342 e. The number of carbonyl (C=O) groups is 3. The van der Waals surface area contributed by atoms with E-state index in [0.29, 0.717) is 30.4 Å². The van der Waals surface area contributed by atoms with E-state index in [2.05, 4.69) is 24.5 Å². The summed E-state index contributed by atoms with van der Waals surface area (Å²) in [5.74, 6) is 0.00436. The lowest BCUT2D eigenvalue weighted by Crippen LogP contribution is -2.29. The van der Waals surface area contributed by atoms with E-state index >= 15 is 0 Å². The molecule has 3 amide bonds. The summed E-state index contributed by atoms with van der Waals surface area (Å²) in [6, 6.07) is 6.92. The zero-order valence-electron chi connectivity index (χ0n) is 14.5. The highest BCUT2D eigenvalue weighted by molar-refractivity contribution is 5.97. The minimum absolute atomic E-state index is 0.0526. The highest BCUT2D eigenvalue weighted by atomic mass is 16.2. The SMILES string of the molecule is CC(=O)Nc1ccc(NC(=O)[C@H]2CC(=O)N(CCC(C)C)C2)cc1. The molecule has 2 rings (SSSR count). The van der Waals surface area contributed by atoms with Crippen molar-refractivity contribution in [2.75, 3.05) is 23.7 Å². The van der Waals surface area contributed by atoms with E-state index in [0.717, 1.165) is 6.42 Å². The van der Waals surface area contributed by atoms with Crippen LogP contribution in [0.2, 0.25) is 0 Å². The molecule has 0 spiro atoms. The van der Waals surface area contributed by atoms with Crippen molar-refractivity contribution in [3.63, 3.8) is 0 Å². The van der Waals surface area contributed by atoms with Crippen LogP contribution in [0.4, 0.5) is 11.4 Å². The van der Waals surface area contributed by atoms with Gasteiger partial charge in [-0.2, -0.15) is 0 Å². The van der Waals surface area contributed by atoms with Crippen LogP contribution in [-0.2, 0) is 14.4 Å². The molecule has 0 unspecified atom stereocenters. The number of nitrogens with zero attached hydrogens (tertiary/aromatic N) is 1. The van der Waals surface area contributed by atoms with Crippen LogP contribution >= 0.6 is 0 Å². The van der Waals surface area contributed by atoms with E-state index in [1.54, 1.807) is 29.2 Å². The Balaban J connectivity index is 1.88. The maximum atomic E-state index is 12.3. The molecule has 1 heterocycles. The van der Waals surface area contributed by atoms with Crippen molar-refractivity contribution in [3.05, 3.63) is 24.3 Å². The molecule has 6 nitrogen and oxygen atoms in total. The molecule has 0 radical (unpaired) electrons. The lowest BCUT2D eigenvalue weighted by atomic mass is 10.1. The van der Waals surface area contributed by atoms with Crippen LogP contribution in [0.15, 0.2) is 24.3 Å². The Labute approximate surface area is 142 Å². The van der Waals surface area contributed by atoms with Crippen molar-refractivity contribution in [2.24, 2.45) is 11.8 Å². The number of anilines is 2. The second-order valence-electron chi connectivity index (χ2n) is 6.67. The first-order valence-corrected chi connectivity index (χ1v) is 8.31. The van der Waals surface area contributed by atoms with Crippen molar-refractivity contribution in [3.8, 4) is 0 Å². The minimum Gasteiger partial charge on any atom is -0.342 e. The standard InChI is InChI=1S/C18H25N3O3/c1-12(2)8-9-21-11-14(10-17(21)23)18(24)20-16-6-4-15(5-7-16)19-13(3)22/h4-7,12,14H,8-11H2,1-3H3,(H,19,22)(H,20,24)/t14-/m0/s1. The molecule has 1 aromatic rings. The van der Waals surface area contributed by atoms with E-state index in [1.807, 2.05) is 0 Å². The number of likely N-dealkylation sites (tertiary alicyclic amines) is 1. The van der Waals surface area contributed by atoms with E-state index in [4.69, 9.17) is 0 Å². The Morgan fingerprint density at radius 3 is 2.29 bits per heavy atom. The van der Waals surface area contributed by atoms with Crippen molar-refractivity contribution in [1.82, 2.24) is 4.90 Å². The zero-order valence-corrected chi connectivity index (χ0v) is 14.5. The number of hydrogen-bond donors (Lipinski definition) is 2. The molecule has 1 aliphatic rings. The number of rotatable bonds is 6. The van der Waals surface area contributed by atoms with Gasteiger partial charge in [0, 0.05) is 37.8 Å². The second kappa shape index (κ2) is 7.95. The molecule has 1 saturated heterocycles. The highest BCUT2D eigenvalue weighted by Gasteiger charge is 2.34. The first-order chi connectivity index (χ1) is 11.3. The van der Waals surface area contributed by atoms with Gasteiger partial charge in [0.05, 0.1) is 5.92 Å². The summed E-state index contributed by atoms with van der Waals surface area (Å²) in [6.45, 7) is 6.88. The number of amides is 3. The Morgan fingerprint density at radius 1 is 1.17 bits per heavy atom. The fraction of sp³-hybridized carbons (Fsp3) is 0.500. The molecule has 1 aliphatic heterocycles. The van der Waals surface area contributed by atoms with Crippen LogP contribution in [0.5, 0.6) is 0 Å². The third kappa shape index (κ3) is 5.08. The van der Waals surface area contributed by atoms with Gasteiger partial charge in [-0.05, 0) is 36.6 Å². The summed E-state index contributed by atoms with van der Waals surface area (Å²) in [4.78, 5) is 37.1. The van der Waals surface area contributed by atoms with Gasteiger partial charge in [0.2, 0.25) is 17.7 Å². The second-order valence-corrected chi connectivity index (χ2v) is 6.67. The first kappa shape index (κ1) is 18.0. The summed E-state index contributed by atoms with van der Waals surface area (Å²) in [6.07, 6.45) is 1.22. The van der Waals surface area contributed by atoms with Gasteiger partial charge in [0.1, 0.15) is 0 Å². The number of hydrogen-bond acceptors (Lipinski definition) is 3. The van der Waals surface area contributed by atoms with Crippen LogP contribution in [0.1, 0.15) is 33.6 Å². The van der Waals surface area contributed by atoms with Gasteiger partial charge in [-0.25, -0.2) is 0 Å². The predicted octanol–water partition coefficient (Wildman–Crippen LogP) is 2.48. The van der Waals surface area contributed by atoms with Crippen LogP contribution in [0, 0.1) is 11.8 Å². The molecule has 0 bridgehead atoms. The summed E-state index contributed by atoms with van der Waals surface area (Å²) < 4.78 is 0. The maximum Gasteiger partial charge on any atom is 0.229 e. The van der Waals surface area contributed by atoms with Gasteiger partial charge < -0.3 is 15.5 Å². The molecular weight excluding hydrogens is 306 g/mol. The van der Waals surface area contributed by atoms with Crippen molar-refractivity contribution >= 4 is 29.1 Å². The lowest BCUT2D eigenvalue weighted by molar-refractivity contribution is -0.128. The van der Waals surface area contributed by atoms with Crippen LogP contribution in [0.25, 0.3) is 0 Å². The fourth-order valence-corrected chi connectivity index (χ4v) is 2.66. The Hall–Kier alpha value is -2.37. The summed E-state index contributed by atoms with van der Waals surface area (Å²) in [5, 5.41) is 5.51. The average molecular weight is 331 g/mol. The fourth-order valence-electron chi connectivity index (χ4n) is 2.66. The molecule has 6 heteroatoms. The van der Waals surface area contributed by atoms with Gasteiger partial charge in [0.15, 0.2) is 0 Å². The molecular formula is C18H25N3O3. The molecule has 2 N–H and O–H groups in total. The Kier molecular flexibility index (Phi) is 5.95. The van der Waals surface area contributed by atoms with Gasteiger partial charge in [-0.1, -0.05) is 13.8 Å². The van der Waals surface area contributed by atoms with Gasteiger partial charge in [-0.3, -0.25) is 14.4 Å². The molecule has 0 aromatic heterocycles. The molecule has 0 saturated carbocycles. The maximum absolute atomic E-state index is 12.3. The molecule has 130 valence electrons. The topological polar surface area (TPSA) is 78.5 Å². The zero-order chi connectivity index (χ0) is 17.7. The lowest BCUT2D eigenvalue weighted by Gasteiger charge is -2.17. The van der Waals surface area contributed by atoms with Crippen molar-refractivity contribution in [2.45, 2.75) is 33.6 Å².